The van der Waals surface area contributed by atoms with Crippen LogP contribution in [0.1, 0.15) is 11.1 Å². The highest BCUT2D eigenvalue weighted by Gasteiger charge is 2.15. The molecule has 0 saturated carbocycles. The fraction of sp³-hybridized carbons (Fsp3) is 0. The highest BCUT2D eigenvalue weighted by molar-refractivity contribution is 6.30. The summed E-state index contributed by atoms with van der Waals surface area (Å²) in [6.45, 7) is 0. The fourth-order valence-electron chi connectivity index (χ4n) is 3.85. The number of halogens is 1. The first-order valence-electron chi connectivity index (χ1n) is 11.9. The molecule has 9 nitrogen and oxygen atoms in total. The quantitative estimate of drug-likeness (QED) is 0.0601. The molecule has 0 saturated heterocycles. The number of nitrogens with zero attached hydrogens (tertiary/aromatic N) is 4. The third kappa shape index (κ3) is 5.85. The lowest BCUT2D eigenvalue weighted by Crippen LogP contribution is -2.20. The van der Waals surface area contributed by atoms with Crippen LogP contribution in [-0.4, -0.2) is 26.8 Å². The third-order valence-corrected chi connectivity index (χ3v) is 6.05. The fourth-order valence-corrected chi connectivity index (χ4v) is 3.97. The second-order valence-corrected chi connectivity index (χ2v) is 8.90. The zero-order chi connectivity index (χ0) is 28.1. The first kappa shape index (κ1) is 26.2. The summed E-state index contributed by atoms with van der Waals surface area (Å²) in [5.41, 5.74) is 1.29. The van der Waals surface area contributed by atoms with Gasteiger partial charge in [-0.15, -0.1) is 0 Å². The molecule has 0 aliphatic carbocycles. The lowest BCUT2D eigenvalue weighted by atomic mass is 10.2. The van der Waals surface area contributed by atoms with Gasteiger partial charge >= 0.3 is 5.97 Å². The van der Waals surface area contributed by atoms with Gasteiger partial charge in [-0.25, -0.2) is 9.78 Å². The largest absolute Gasteiger partial charge is 0.423 e. The SMILES string of the molecule is O=C(/C=C/c1ccc(Cl)cc1)Oc1ccc([N+](=O)[O-])cc1C=Nn1c(-c2ccccc2)nc2ccccc2c1=O. The van der Waals surface area contributed by atoms with Crippen LogP contribution < -0.4 is 10.3 Å². The van der Waals surface area contributed by atoms with Gasteiger partial charge in [0.25, 0.3) is 11.2 Å². The number of rotatable bonds is 7. The molecule has 0 aliphatic rings. The number of benzene rings is 4. The minimum absolute atomic E-state index is 0.0168. The number of esters is 1. The highest BCUT2D eigenvalue weighted by atomic mass is 35.5. The van der Waals surface area contributed by atoms with Crippen molar-refractivity contribution in [1.29, 1.82) is 0 Å². The van der Waals surface area contributed by atoms with Gasteiger partial charge in [-0.05, 0) is 42.0 Å². The molecule has 0 bridgehead atoms. The van der Waals surface area contributed by atoms with Crippen LogP contribution in [0, 0.1) is 10.1 Å². The Kier molecular flexibility index (Phi) is 7.56. The summed E-state index contributed by atoms with van der Waals surface area (Å²) in [5, 5.41) is 16.7. The van der Waals surface area contributed by atoms with Gasteiger partial charge in [0.1, 0.15) is 5.75 Å². The molecule has 0 spiro atoms. The van der Waals surface area contributed by atoms with E-state index in [0.717, 1.165) is 10.2 Å². The molecule has 0 fully saturated rings. The predicted octanol–water partition coefficient (Wildman–Crippen LogP) is 6.13. The molecule has 10 heteroatoms. The number of carbonyl (C=O) groups excluding carboxylic acids is 1. The summed E-state index contributed by atoms with van der Waals surface area (Å²) < 4.78 is 6.57. The lowest BCUT2D eigenvalue weighted by molar-refractivity contribution is -0.384. The Morgan fingerprint density at radius 1 is 0.975 bits per heavy atom. The van der Waals surface area contributed by atoms with Gasteiger partial charge in [0.15, 0.2) is 5.82 Å². The summed E-state index contributed by atoms with van der Waals surface area (Å²) >= 11 is 5.89. The molecule has 4 aromatic carbocycles. The van der Waals surface area contributed by atoms with Crippen molar-refractivity contribution in [3.63, 3.8) is 0 Å². The smallest absolute Gasteiger partial charge is 0.336 e. The Bertz CT molecular complexity index is 1850. The van der Waals surface area contributed by atoms with Crippen LogP contribution in [0.2, 0.25) is 5.02 Å². The Labute approximate surface area is 232 Å². The van der Waals surface area contributed by atoms with E-state index in [0.29, 0.717) is 21.5 Å². The maximum Gasteiger partial charge on any atom is 0.336 e. The van der Waals surface area contributed by atoms with Gasteiger partial charge < -0.3 is 4.74 Å². The van der Waals surface area contributed by atoms with Gasteiger partial charge in [0.05, 0.1) is 22.0 Å². The zero-order valence-electron chi connectivity index (χ0n) is 20.7. The van der Waals surface area contributed by atoms with E-state index in [1.54, 1.807) is 78.9 Å². The van der Waals surface area contributed by atoms with Crippen LogP contribution in [0.25, 0.3) is 28.4 Å². The normalized spacial score (nSPS) is 11.3. The topological polar surface area (TPSA) is 117 Å². The van der Waals surface area contributed by atoms with Crippen molar-refractivity contribution in [3.8, 4) is 17.1 Å². The van der Waals surface area contributed by atoms with Gasteiger partial charge in [-0.1, -0.05) is 66.2 Å². The van der Waals surface area contributed by atoms with E-state index in [9.17, 15) is 19.7 Å². The minimum Gasteiger partial charge on any atom is -0.423 e. The molecule has 5 rings (SSSR count). The molecule has 40 heavy (non-hydrogen) atoms. The third-order valence-electron chi connectivity index (χ3n) is 5.79. The number of carbonyl (C=O) groups is 1. The first-order valence-corrected chi connectivity index (χ1v) is 12.3. The van der Waals surface area contributed by atoms with E-state index in [1.165, 1.54) is 30.5 Å². The lowest BCUT2D eigenvalue weighted by Gasteiger charge is -2.10. The molecule has 0 radical (unpaired) electrons. The second-order valence-electron chi connectivity index (χ2n) is 8.47. The van der Waals surface area contributed by atoms with Crippen molar-refractivity contribution in [2.24, 2.45) is 5.10 Å². The number of non-ortho nitro benzene ring substituents is 1. The van der Waals surface area contributed by atoms with E-state index in [2.05, 4.69) is 10.1 Å². The molecule has 0 amide bonds. The number of nitro groups is 1. The average molecular weight is 551 g/mol. The summed E-state index contributed by atoms with van der Waals surface area (Å²) in [5.74, 6) is -0.424. The molecule has 0 atom stereocenters. The van der Waals surface area contributed by atoms with Gasteiger partial charge in [0, 0.05) is 34.4 Å². The minimum atomic E-state index is -0.715. The number of fused-ring (bicyclic) bond motifs is 1. The molecule has 0 unspecified atom stereocenters. The van der Waals surface area contributed by atoms with Crippen molar-refractivity contribution >= 4 is 46.5 Å². The predicted molar refractivity (Wildman–Crippen MR) is 154 cm³/mol. The summed E-state index contributed by atoms with van der Waals surface area (Å²) in [6, 6.07) is 26.4. The van der Waals surface area contributed by atoms with Crippen molar-refractivity contribution in [2.75, 3.05) is 0 Å². The van der Waals surface area contributed by atoms with Crippen LogP contribution >= 0.6 is 11.6 Å². The van der Waals surface area contributed by atoms with Gasteiger partial charge in [-0.2, -0.15) is 9.78 Å². The van der Waals surface area contributed by atoms with E-state index >= 15 is 0 Å². The first-order chi connectivity index (χ1) is 19.4. The van der Waals surface area contributed by atoms with Crippen LogP contribution in [0.5, 0.6) is 5.75 Å². The average Bonchev–Trinajstić information content (AvgIpc) is 2.97. The Morgan fingerprint density at radius 3 is 2.45 bits per heavy atom. The molecule has 1 heterocycles. The number of para-hydroxylation sites is 1. The highest BCUT2D eigenvalue weighted by Crippen LogP contribution is 2.24. The molecule has 196 valence electrons. The van der Waals surface area contributed by atoms with E-state index in [1.807, 2.05) is 6.07 Å². The molecular weight excluding hydrogens is 532 g/mol. The molecule has 5 aromatic rings. The molecular formula is C30H19ClN4O5. The number of aromatic nitrogens is 2. The Morgan fingerprint density at radius 2 is 1.70 bits per heavy atom. The Hall–Kier alpha value is -5.41. The van der Waals surface area contributed by atoms with Crippen LogP contribution in [-0.2, 0) is 4.79 Å². The van der Waals surface area contributed by atoms with Crippen molar-refractivity contribution < 1.29 is 14.5 Å². The zero-order valence-corrected chi connectivity index (χ0v) is 21.4. The number of hydrogen-bond acceptors (Lipinski definition) is 7. The van der Waals surface area contributed by atoms with E-state index in [4.69, 9.17) is 16.3 Å². The van der Waals surface area contributed by atoms with Crippen LogP contribution in [0.4, 0.5) is 5.69 Å². The molecule has 1 aromatic heterocycles. The van der Waals surface area contributed by atoms with Gasteiger partial charge in [-0.3, -0.25) is 14.9 Å². The maximum absolute atomic E-state index is 13.4. The molecule has 0 aliphatic heterocycles. The summed E-state index contributed by atoms with van der Waals surface area (Å²) in [7, 11) is 0. The van der Waals surface area contributed by atoms with Gasteiger partial charge in [0.2, 0.25) is 0 Å². The number of hydrogen-bond donors (Lipinski definition) is 0. The second kappa shape index (κ2) is 11.5. The summed E-state index contributed by atoms with van der Waals surface area (Å²) in [6.07, 6.45) is 3.99. The van der Waals surface area contributed by atoms with E-state index in [-0.39, 0.29) is 22.8 Å². The maximum atomic E-state index is 13.4. The summed E-state index contributed by atoms with van der Waals surface area (Å²) in [4.78, 5) is 41.5. The standard InChI is InChI=1S/C30H19ClN4O5/c31-23-13-10-20(11-14-23)12-17-28(36)40-27-16-15-24(35(38)39)18-22(27)19-32-34-29(21-6-2-1-3-7-21)33-26-9-5-4-8-25(26)30(34)37/h1-19H/b17-12+,32-19?. The molecule has 0 N–H and O–H groups in total. The Balaban J connectivity index is 1.54. The number of ether oxygens (including phenoxy) is 1. The van der Waals surface area contributed by atoms with Crippen molar-refractivity contribution in [2.45, 2.75) is 0 Å². The van der Waals surface area contributed by atoms with Crippen molar-refractivity contribution in [3.05, 3.63) is 140 Å². The number of nitro benzene ring substituents is 1. The van der Waals surface area contributed by atoms with Crippen LogP contribution in [0.3, 0.4) is 0 Å². The van der Waals surface area contributed by atoms with Crippen molar-refractivity contribution in [1.82, 2.24) is 9.66 Å². The van der Waals surface area contributed by atoms with E-state index < -0.39 is 16.5 Å². The van der Waals surface area contributed by atoms with Crippen LogP contribution in [0.15, 0.2) is 113 Å². The monoisotopic (exact) mass is 550 g/mol.